The number of halogens is 1. The lowest BCUT2D eigenvalue weighted by Gasteiger charge is -2.29. The Kier molecular flexibility index (Phi) is 4.70. The van der Waals surface area contributed by atoms with Crippen LogP contribution < -0.4 is 0 Å². The molecule has 78 valence electrons. The Morgan fingerprint density at radius 3 is 2.77 bits per heavy atom. The van der Waals surface area contributed by atoms with E-state index < -0.39 is 0 Å². The molecule has 3 heteroatoms. The first-order valence-corrected chi connectivity index (χ1v) is 6.31. The van der Waals surface area contributed by atoms with Gasteiger partial charge < -0.3 is 5.11 Å². The van der Waals surface area contributed by atoms with Crippen LogP contribution in [-0.4, -0.2) is 40.1 Å². The van der Waals surface area contributed by atoms with Gasteiger partial charge in [0.2, 0.25) is 0 Å². The first-order valence-electron chi connectivity index (χ1n) is 5.18. The Hall–Kier alpha value is 0.400. The Morgan fingerprint density at radius 1 is 1.54 bits per heavy atom. The number of alkyl halides is 1. The van der Waals surface area contributed by atoms with Crippen molar-refractivity contribution in [1.29, 1.82) is 0 Å². The summed E-state index contributed by atoms with van der Waals surface area (Å²) in [6.45, 7) is 5.32. The minimum absolute atomic E-state index is 0.213. The zero-order valence-electron chi connectivity index (χ0n) is 8.54. The summed E-state index contributed by atoms with van der Waals surface area (Å²) in [4.78, 5) is 2.45. The third kappa shape index (κ3) is 2.93. The van der Waals surface area contributed by atoms with Crippen LogP contribution in [0.5, 0.6) is 0 Å². The fourth-order valence-electron chi connectivity index (χ4n) is 2.18. The summed E-state index contributed by atoms with van der Waals surface area (Å²) in [5, 5.41) is 10.2. The molecule has 1 aliphatic heterocycles. The summed E-state index contributed by atoms with van der Waals surface area (Å²) in [6.07, 6.45) is 3.58. The molecule has 2 nitrogen and oxygen atoms in total. The Bertz CT molecular complexity index is 154. The highest BCUT2D eigenvalue weighted by molar-refractivity contribution is 9.09. The van der Waals surface area contributed by atoms with Crippen LogP contribution in [0.15, 0.2) is 0 Å². The third-order valence-electron chi connectivity index (χ3n) is 3.02. The minimum Gasteiger partial charge on any atom is -0.391 e. The second kappa shape index (κ2) is 5.32. The number of aliphatic hydroxyl groups excluding tert-OH is 1. The Labute approximate surface area is 89.4 Å². The summed E-state index contributed by atoms with van der Waals surface area (Å²) in [6, 6.07) is 1.35. The number of aliphatic hydroxyl groups is 1. The maximum Gasteiger partial charge on any atom is 0.0763 e. The molecule has 1 aliphatic rings. The van der Waals surface area contributed by atoms with Gasteiger partial charge in [-0.2, -0.15) is 0 Å². The van der Waals surface area contributed by atoms with Gasteiger partial charge in [-0.25, -0.2) is 0 Å². The molecule has 0 amide bonds. The number of β-amino-alcohol motifs (C(OH)–C–C–N with tert-alkyl or cyclic N) is 1. The molecule has 0 saturated carbocycles. The maximum absolute atomic E-state index is 9.56. The molecule has 0 bridgehead atoms. The van der Waals surface area contributed by atoms with Crippen molar-refractivity contribution in [3.05, 3.63) is 0 Å². The van der Waals surface area contributed by atoms with Crippen LogP contribution in [0, 0.1) is 0 Å². The third-order valence-corrected chi connectivity index (χ3v) is 3.77. The van der Waals surface area contributed by atoms with E-state index in [1.54, 1.807) is 0 Å². The molecule has 0 radical (unpaired) electrons. The zero-order valence-corrected chi connectivity index (χ0v) is 10.1. The van der Waals surface area contributed by atoms with E-state index in [1.807, 2.05) is 0 Å². The first kappa shape index (κ1) is 11.5. The molecule has 1 heterocycles. The summed E-state index contributed by atoms with van der Waals surface area (Å²) in [7, 11) is 0. The Morgan fingerprint density at radius 2 is 2.23 bits per heavy atom. The highest BCUT2D eigenvalue weighted by atomic mass is 79.9. The van der Waals surface area contributed by atoms with Crippen molar-refractivity contribution < 1.29 is 5.11 Å². The molecular weight excluding hydrogens is 230 g/mol. The van der Waals surface area contributed by atoms with Gasteiger partial charge in [0.05, 0.1) is 6.10 Å². The molecule has 0 aromatic carbocycles. The van der Waals surface area contributed by atoms with Crippen LogP contribution >= 0.6 is 15.9 Å². The lowest BCUT2D eigenvalue weighted by molar-refractivity contribution is 0.101. The standard InChI is InChI=1S/C10H20BrNO/c1-3-9-5-4-8(2)12(9)7-10(13)6-11/h8-10,13H,3-7H2,1-2H3. The fraction of sp³-hybridized carbons (Fsp3) is 1.00. The average Bonchev–Trinajstić information content (AvgIpc) is 2.48. The second-order valence-electron chi connectivity index (χ2n) is 3.99. The predicted octanol–water partition coefficient (Wildman–Crippen LogP) is 2.01. The maximum atomic E-state index is 9.56. The van der Waals surface area contributed by atoms with Crippen molar-refractivity contribution in [1.82, 2.24) is 4.90 Å². The molecule has 1 fully saturated rings. The monoisotopic (exact) mass is 249 g/mol. The summed E-state index contributed by atoms with van der Waals surface area (Å²) in [5.41, 5.74) is 0. The van der Waals surface area contributed by atoms with Crippen molar-refractivity contribution in [3.63, 3.8) is 0 Å². The van der Waals surface area contributed by atoms with E-state index in [1.165, 1.54) is 19.3 Å². The normalized spacial score (nSPS) is 32.3. The van der Waals surface area contributed by atoms with E-state index in [9.17, 15) is 5.11 Å². The predicted molar refractivity (Wildman–Crippen MR) is 59.3 cm³/mol. The van der Waals surface area contributed by atoms with Gasteiger partial charge in [0.25, 0.3) is 0 Å². The first-order chi connectivity index (χ1) is 6.19. The minimum atomic E-state index is -0.213. The Balaban J connectivity index is 2.44. The van der Waals surface area contributed by atoms with Crippen LogP contribution in [0.3, 0.4) is 0 Å². The van der Waals surface area contributed by atoms with Gasteiger partial charge in [-0.05, 0) is 26.2 Å². The highest BCUT2D eigenvalue weighted by Crippen LogP contribution is 2.25. The fourth-order valence-corrected chi connectivity index (χ4v) is 2.39. The van der Waals surface area contributed by atoms with Gasteiger partial charge in [0.15, 0.2) is 0 Å². The van der Waals surface area contributed by atoms with E-state index in [4.69, 9.17) is 0 Å². The topological polar surface area (TPSA) is 23.5 Å². The number of likely N-dealkylation sites (tertiary alicyclic amines) is 1. The van der Waals surface area contributed by atoms with Crippen LogP contribution in [0.2, 0.25) is 0 Å². The van der Waals surface area contributed by atoms with E-state index in [0.717, 1.165) is 6.54 Å². The number of nitrogens with zero attached hydrogens (tertiary/aromatic N) is 1. The van der Waals surface area contributed by atoms with Gasteiger partial charge in [-0.3, -0.25) is 4.90 Å². The molecular formula is C10H20BrNO. The summed E-state index contributed by atoms with van der Waals surface area (Å²) in [5.74, 6) is 0. The zero-order chi connectivity index (χ0) is 9.84. The molecule has 1 N–H and O–H groups in total. The lowest BCUT2D eigenvalue weighted by atomic mass is 10.1. The number of hydrogen-bond acceptors (Lipinski definition) is 2. The van der Waals surface area contributed by atoms with E-state index in [2.05, 4.69) is 34.7 Å². The average molecular weight is 250 g/mol. The molecule has 0 spiro atoms. The molecule has 0 aliphatic carbocycles. The summed E-state index contributed by atoms with van der Waals surface area (Å²) >= 11 is 3.31. The van der Waals surface area contributed by atoms with Crippen LogP contribution in [-0.2, 0) is 0 Å². The quantitative estimate of drug-likeness (QED) is 0.771. The van der Waals surface area contributed by atoms with Gasteiger partial charge in [-0.1, -0.05) is 22.9 Å². The van der Waals surface area contributed by atoms with Crippen molar-refractivity contribution >= 4 is 15.9 Å². The van der Waals surface area contributed by atoms with Crippen molar-refractivity contribution in [2.24, 2.45) is 0 Å². The molecule has 3 atom stereocenters. The second-order valence-corrected chi connectivity index (χ2v) is 4.64. The van der Waals surface area contributed by atoms with Crippen LogP contribution in [0.4, 0.5) is 0 Å². The molecule has 1 saturated heterocycles. The van der Waals surface area contributed by atoms with E-state index in [-0.39, 0.29) is 6.10 Å². The van der Waals surface area contributed by atoms with Crippen LogP contribution in [0.25, 0.3) is 0 Å². The SMILES string of the molecule is CCC1CCC(C)N1CC(O)CBr. The van der Waals surface area contributed by atoms with Gasteiger partial charge in [0.1, 0.15) is 0 Å². The van der Waals surface area contributed by atoms with Crippen molar-refractivity contribution in [3.8, 4) is 0 Å². The summed E-state index contributed by atoms with van der Waals surface area (Å²) < 4.78 is 0. The van der Waals surface area contributed by atoms with Crippen LogP contribution in [0.1, 0.15) is 33.1 Å². The van der Waals surface area contributed by atoms with Crippen molar-refractivity contribution in [2.45, 2.75) is 51.3 Å². The van der Waals surface area contributed by atoms with Gasteiger partial charge in [0, 0.05) is 24.0 Å². The van der Waals surface area contributed by atoms with E-state index >= 15 is 0 Å². The van der Waals surface area contributed by atoms with Gasteiger partial charge >= 0.3 is 0 Å². The molecule has 1 rings (SSSR count). The number of hydrogen-bond donors (Lipinski definition) is 1. The van der Waals surface area contributed by atoms with Gasteiger partial charge in [-0.15, -0.1) is 0 Å². The smallest absolute Gasteiger partial charge is 0.0763 e. The molecule has 0 aromatic rings. The lowest BCUT2D eigenvalue weighted by Crippen LogP contribution is -2.40. The molecule has 13 heavy (non-hydrogen) atoms. The van der Waals surface area contributed by atoms with Crippen molar-refractivity contribution in [2.75, 3.05) is 11.9 Å². The highest BCUT2D eigenvalue weighted by Gasteiger charge is 2.29. The molecule has 3 unspecified atom stereocenters. The number of rotatable bonds is 4. The van der Waals surface area contributed by atoms with E-state index in [0.29, 0.717) is 17.4 Å². The largest absolute Gasteiger partial charge is 0.391 e. The molecule has 0 aromatic heterocycles.